The molecular formula is C26H37NO. The molecule has 0 radical (unpaired) electrons. The molecule has 2 aromatic rings. The minimum atomic E-state index is 0.227. The maximum Gasteiger partial charge on any atom is 0.210 e. The minimum Gasteiger partial charge on any atom is -0.339 e. The Labute approximate surface area is 171 Å². The standard InChI is InChI=1S/C26H37NO/c1-3-5-6-7-8-13-20-27(22-28)26(4-2)17-12-9-14-23-18-19-24-15-10-11-16-25(24)21-23/h10-12,15-19,21-22,26H,3-9,13-14,20H2,1-2H3/b17-12+. The molecule has 152 valence electrons. The number of aryl methyl sites for hydroxylation is 1. The molecule has 0 spiro atoms. The lowest BCUT2D eigenvalue weighted by Gasteiger charge is -2.25. The fraction of sp³-hybridized carbons (Fsp3) is 0.500. The summed E-state index contributed by atoms with van der Waals surface area (Å²) in [6.45, 7) is 5.28. The van der Waals surface area contributed by atoms with Crippen LogP contribution in [0.25, 0.3) is 10.8 Å². The van der Waals surface area contributed by atoms with Crippen LogP contribution < -0.4 is 0 Å². The number of hydrogen-bond acceptors (Lipinski definition) is 1. The fourth-order valence-corrected chi connectivity index (χ4v) is 3.75. The van der Waals surface area contributed by atoms with Gasteiger partial charge in [0, 0.05) is 12.6 Å². The van der Waals surface area contributed by atoms with Gasteiger partial charge in [0.05, 0.1) is 0 Å². The van der Waals surface area contributed by atoms with Crippen molar-refractivity contribution in [2.75, 3.05) is 6.54 Å². The molecule has 0 N–H and O–H groups in total. The summed E-state index contributed by atoms with van der Waals surface area (Å²) in [6.07, 6.45) is 16.1. The van der Waals surface area contributed by atoms with Crippen molar-refractivity contribution in [1.29, 1.82) is 0 Å². The lowest BCUT2D eigenvalue weighted by Crippen LogP contribution is -2.33. The van der Waals surface area contributed by atoms with Crippen LogP contribution >= 0.6 is 0 Å². The van der Waals surface area contributed by atoms with Gasteiger partial charge in [0.15, 0.2) is 0 Å². The number of rotatable bonds is 14. The molecule has 0 saturated heterocycles. The summed E-state index contributed by atoms with van der Waals surface area (Å²) in [5, 5.41) is 2.60. The van der Waals surface area contributed by atoms with E-state index in [0.29, 0.717) is 0 Å². The topological polar surface area (TPSA) is 20.3 Å². The van der Waals surface area contributed by atoms with E-state index in [1.54, 1.807) is 0 Å². The van der Waals surface area contributed by atoms with Crippen LogP contribution in [0, 0.1) is 0 Å². The second kappa shape index (κ2) is 13.1. The first-order valence-corrected chi connectivity index (χ1v) is 11.1. The third-order valence-corrected chi connectivity index (χ3v) is 5.52. The van der Waals surface area contributed by atoms with Crippen LogP contribution in [0.2, 0.25) is 0 Å². The van der Waals surface area contributed by atoms with Gasteiger partial charge in [-0.2, -0.15) is 0 Å². The van der Waals surface area contributed by atoms with E-state index in [9.17, 15) is 4.79 Å². The first-order valence-electron chi connectivity index (χ1n) is 11.1. The van der Waals surface area contributed by atoms with E-state index < -0.39 is 0 Å². The number of benzene rings is 2. The highest BCUT2D eigenvalue weighted by Gasteiger charge is 2.11. The summed E-state index contributed by atoms with van der Waals surface area (Å²) in [6, 6.07) is 15.5. The Morgan fingerprint density at radius 2 is 1.68 bits per heavy atom. The molecule has 0 aromatic heterocycles. The van der Waals surface area contributed by atoms with Crippen molar-refractivity contribution in [1.82, 2.24) is 4.90 Å². The third kappa shape index (κ3) is 7.50. The predicted octanol–water partition coefficient (Wildman–Crippen LogP) is 6.93. The Morgan fingerprint density at radius 1 is 0.929 bits per heavy atom. The molecule has 1 unspecified atom stereocenters. The van der Waals surface area contributed by atoms with Gasteiger partial charge >= 0.3 is 0 Å². The van der Waals surface area contributed by atoms with Crippen LogP contribution in [0.3, 0.4) is 0 Å². The van der Waals surface area contributed by atoms with Gasteiger partial charge in [-0.15, -0.1) is 0 Å². The average Bonchev–Trinajstić information content (AvgIpc) is 2.74. The second-order valence-corrected chi connectivity index (χ2v) is 7.73. The number of fused-ring (bicyclic) bond motifs is 1. The predicted molar refractivity (Wildman–Crippen MR) is 122 cm³/mol. The normalized spacial score (nSPS) is 12.5. The monoisotopic (exact) mass is 379 g/mol. The van der Waals surface area contributed by atoms with E-state index in [1.807, 2.05) is 4.90 Å². The molecule has 1 amide bonds. The Hall–Kier alpha value is -2.09. The number of unbranched alkanes of at least 4 members (excludes halogenated alkanes) is 5. The molecule has 1 atom stereocenters. The smallest absolute Gasteiger partial charge is 0.210 e. The zero-order chi connectivity index (χ0) is 20.0. The molecule has 0 aliphatic rings. The summed E-state index contributed by atoms with van der Waals surface area (Å²) < 4.78 is 0. The quantitative estimate of drug-likeness (QED) is 0.198. The number of amides is 1. The van der Waals surface area contributed by atoms with E-state index in [1.165, 1.54) is 48.4 Å². The molecule has 0 bridgehead atoms. The van der Waals surface area contributed by atoms with Crippen molar-refractivity contribution in [2.45, 2.75) is 77.7 Å². The summed E-state index contributed by atoms with van der Waals surface area (Å²) >= 11 is 0. The van der Waals surface area contributed by atoms with Crippen LogP contribution in [0.15, 0.2) is 54.6 Å². The highest BCUT2D eigenvalue weighted by atomic mass is 16.1. The molecule has 2 nitrogen and oxygen atoms in total. The minimum absolute atomic E-state index is 0.227. The maximum atomic E-state index is 11.5. The first kappa shape index (κ1) is 22.2. The third-order valence-electron chi connectivity index (χ3n) is 5.52. The van der Waals surface area contributed by atoms with Gasteiger partial charge in [0.25, 0.3) is 0 Å². The Bertz CT molecular complexity index is 721. The summed E-state index contributed by atoms with van der Waals surface area (Å²) in [5.41, 5.74) is 1.37. The summed E-state index contributed by atoms with van der Waals surface area (Å²) in [7, 11) is 0. The van der Waals surface area contributed by atoms with Gasteiger partial charge in [-0.1, -0.05) is 101 Å². The van der Waals surface area contributed by atoms with Crippen LogP contribution in [-0.4, -0.2) is 23.9 Å². The van der Waals surface area contributed by atoms with Crippen molar-refractivity contribution in [3.05, 3.63) is 60.2 Å². The lowest BCUT2D eigenvalue weighted by atomic mass is 10.0. The molecular weight excluding hydrogens is 342 g/mol. The van der Waals surface area contributed by atoms with E-state index in [0.717, 1.165) is 38.6 Å². The highest BCUT2D eigenvalue weighted by Crippen LogP contribution is 2.17. The molecule has 0 fully saturated rings. The Balaban J connectivity index is 1.77. The molecule has 2 rings (SSSR count). The SMILES string of the molecule is CCCCCCCCN(C=O)C(/C=C/CCc1ccc2ccccc2c1)CC. The van der Waals surface area contributed by atoms with Gasteiger partial charge in [0.2, 0.25) is 6.41 Å². The second-order valence-electron chi connectivity index (χ2n) is 7.73. The average molecular weight is 380 g/mol. The van der Waals surface area contributed by atoms with Crippen molar-refractivity contribution < 1.29 is 4.79 Å². The fourth-order valence-electron chi connectivity index (χ4n) is 3.75. The van der Waals surface area contributed by atoms with E-state index >= 15 is 0 Å². The van der Waals surface area contributed by atoms with Crippen LogP contribution in [0.1, 0.15) is 70.8 Å². The zero-order valence-electron chi connectivity index (χ0n) is 17.8. The highest BCUT2D eigenvalue weighted by molar-refractivity contribution is 5.82. The van der Waals surface area contributed by atoms with Crippen LogP contribution in [-0.2, 0) is 11.2 Å². The van der Waals surface area contributed by atoms with Crippen LogP contribution in [0.4, 0.5) is 0 Å². The molecule has 28 heavy (non-hydrogen) atoms. The molecule has 0 aliphatic carbocycles. The zero-order valence-corrected chi connectivity index (χ0v) is 17.8. The van der Waals surface area contributed by atoms with Gasteiger partial charge in [-0.25, -0.2) is 0 Å². The van der Waals surface area contributed by atoms with Crippen molar-refractivity contribution in [3.8, 4) is 0 Å². The largest absolute Gasteiger partial charge is 0.339 e. The Morgan fingerprint density at radius 3 is 2.43 bits per heavy atom. The van der Waals surface area contributed by atoms with Crippen LogP contribution in [0.5, 0.6) is 0 Å². The van der Waals surface area contributed by atoms with Crippen molar-refractivity contribution in [2.24, 2.45) is 0 Å². The van der Waals surface area contributed by atoms with Gasteiger partial charge < -0.3 is 4.90 Å². The number of carbonyl (C=O) groups excluding carboxylic acids is 1. The van der Waals surface area contributed by atoms with Gasteiger partial charge in [-0.3, -0.25) is 4.79 Å². The molecule has 0 aliphatic heterocycles. The number of hydrogen-bond donors (Lipinski definition) is 0. The maximum absolute atomic E-state index is 11.5. The van der Waals surface area contributed by atoms with E-state index in [-0.39, 0.29) is 6.04 Å². The number of nitrogens with zero attached hydrogens (tertiary/aromatic N) is 1. The molecule has 2 aromatic carbocycles. The van der Waals surface area contributed by atoms with Crippen molar-refractivity contribution in [3.63, 3.8) is 0 Å². The number of allylic oxidation sites excluding steroid dienone is 1. The van der Waals surface area contributed by atoms with E-state index in [4.69, 9.17) is 0 Å². The van der Waals surface area contributed by atoms with Crippen molar-refractivity contribution >= 4 is 17.2 Å². The summed E-state index contributed by atoms with van der Waals surface area (Å²) in [4.78, 5) is 13.5. The van der Waals surface area contributed by atoms with Gasteiger partial charge in [-0.05, 0) is 42.0 Å². The Kier molecular flexibility index (Phi) is 10.4. The molecule has 2 heteroatoms. The lowest BCUT2D eigenvalue weighted by molar-refractivity contribution is -0.119. The summed E-state index contributed by atoms with van der Waals surface area (Å²) in [5.74, 6) is 0. The number of carbonyl (C=O) groups is 1. The molecule has 0 heterocycles. The first-order chi connectivity index (χ1) is 13.8. The van der Waals surface area contributed by atoms with E-state index in [2.05, 4.69) is 68.5 Å². The van der Waals surface area contributed by atoms with Gasteiger partial charge in [0.1, 0.15) is 0 Å². The molecule has 0 saturated carbocycles.